The van der Waals surface area contributed by atoms with Crippen LogP contribution in [-0.2, 0) is 6.54 Å². The number of carbonyl (C=O) groups is 1. The number of aromatic amines is 1. The van der Waals surface area contributed by atoms with Crippen LogP contribution in [0.1, 0.15) is 21.8 Å². The van der Waals surface area contributed by atoms with Crippen LogP contribution >= 0.6 is 0 Å². The van der Waals surface area contributed by atoms with E-state index in [4.69, 9.17) is 4.52 Å². The van der Waals surface area contributed by atoms with E-state index in [1.165, 1.54) is 0 Å². The molecular weight excluding hydrogens is 242 g/mol. The number of rotatable bonds is 3. The van der Waals surface area contributed by atoms with Crippen LogP contribution in [0, 0.1) is 6.92 Å². The zero-order chi connectivity index (χ0) is 13.2. The molecule has 0 spiro atoms. The van der Waals surface area contributed by atoms with Gasteiger partial charge in [0.1, 0.15) is 11.5 Å². The zero-order valence-electron chi connectivity index (χ0n) is 10.4. The second-order valence-corrected chi connectivity index (χ2v) is 4.39. The summed E-state index contributed by atoms with van der Waals surface area (Å²) in [6, 6.07) is 9.28. The van der Waals surface area contributed by atoms with Crippen molar-refractivity contribution >= 4 is 16.8 Å². The van der Waals surface area contributed by atoms with Crippen molar-refractivity contribution in [1.29, 1.82) is 0 Å². The summed E-state index contributed by atoms with van der Waals surface area (Å²) in [5, 5.41) is 7.66. The fraction of sp³-hybridized carbons (Fsp3) is 0.143. The third kappa shape index (κ3) is 2.35. The Balaban J connectivity index is 1.72. The van der Waals surface area contributed by atoms with Crippen LogP contribution in [0.2, 0.25) is 0 Å². The van der Waals surface area contributed by atoms with Crippen molar-refractivity contribution in [3.8, 4) is 0 Å². The molecule has 0 saturated carbocycles. The van der Waals surface area contributed by atoms with E-state index in [0.29, 0.717) is 17.8 Å². The lowest BCUT2D eigenvalue weighted by atomic mass is 10.1. The summed E-state index contributed by atoms with van der Waals surface area (Å²) in [4.78, 5) is 15.1. The van der Waals surface area contributed by atoms with Gasteiger partial charge in [-0.1, -0.05) is 5.16 Å². The fourth-order valence-electron chi connectivity index (χ4n) is 1.97. The first-order valence-electron chi connectivity index (χ1n) is 6.00. The molecular formula is C14H13N3O2. The molecule has 0 radical (unpaired) electrons. The highest BCUT2D eigenvalue weighted by Gasteiger charge is 2.08. The van der Waals surface area contributed by atoms with Gasteiger partial charge in [0, 0.05) is 28.7 Å². The topological polar surface area (TPSA) is 70.9 Å². The molecule has 1 aromatic carbocycles. The highest BCUT2D eigenvalue weighted by atomic mass is 16.5. The van der Waals surface area contributed by atoms with Crippen LogP contribution in [0.4, 0.5) is 0 Å². The van der Waals surface area contributed by atoms with E-state index in [2.05, 4.69) is 15.5 Å². The van der Waals surface area contributed by atoms with E-state index >= 15 is 0 Å². The van der Waals surface area contributed by atoms with E-state index in [9.17, 15) is 4.79 Å². The van der Waals surface area contributed by atoms with Crippen molar-refractivity contribution < 1.29 is 9.32 Å². The normalized spacial score (nSPS) is 10.8. The standard InChI is InChI=1S/C14H13N3O2/c1-9-6-12(17-19-9)8-16-14(18)11-2-3-13-10(7-11)4-5-15-13/h2-7,15H,8H2,1H3,(H,16,18). The zero-order valence-corrected chi connectivity index (χ0v) is 10.4. The first kappa shape index (κ1) is 11.5. The predicted octanol–water partition coefficient (Wildman–Crippen LogP) is 2.39. The molecule has 0 aliphatic rings. The van der Waals surface area contributed by atoms with Crippen molar-refractivity contribution in [3.05, 3.63) is 53.5 Å². The number of nitrogens with one attached hydrogen (secondary N) is 2. The lowest BCUT2D eigenvalue weighted by Gasteiger charge is -2.03. The Morgan fingerprint density at radius 2 is 2.26 bits per heavy atom. The second-order valence-electron chi connectivity index (χ2n) is 4.39. The third-order valence-electron chi connectivity index (χ3n) is 2.92. The number of carbonyl (C=O) groups excluding carboxylic acids is 1. The van der Waals surface area contributed by atoms with Crippen LogP contribution in [0.15, 0.2) is 41.1 Å². The van der Waals surface area contributed by atoms with Gasteiger partial charge in [-0.3, -0.25) is 4.79 Å². The molecule has 96 valence electrons. The van der Waals surface area contributed by atoms with E-state index in [-0.39, 0.29) is 5.91 Å². The molecule has 0 aliphatic heterocycles. The number of H-pyrrole nitrogens is 1. The van der Waals surface area contributed by atoms with Crippen LogP contribution < -0.4 is 5.32 Å². The van der Waals surface area contributed by atoms with E-state index in [1.807, 2.05) is 31.3 Å². The molecule has 0 saturated heterocycles. The maximum Gasteiger partial charge on any atom is 0.251 e. The van der Waals surface area contributed by atoms with Gasteiger partial charge in [-0.15, -0.1) is 0 Å². The Hall–Kier alpha value is -2.56. The molecule has 1 amide bonds. The maximum atomic E-state index is 12.0. The predicted molar refractivity (Wildman–Crippen MR) is 70.7 cm³/mol. The van der Waals surface area contributed by atoms with Gasteiger partial charge >= 0.3 is 0 Å². The van der Waals surface area contributed by atoms with Crippen molar-refractivity contribution in [2.75, 3.05) is 0 Å². The van der Waals surface area contributed by atoms with E-state index < -0.39 is 0 Å². The molecule has 3 aromatic rings. The number of hydrogen-bond donors (Lipinski definition) is 2. The number of aryl methyl sites for hydroxylation is 1. The third-order valence-corrected chi connectivity index (χ3v) is 2.92. The molecule has 2 aromatic heterocycles. The number of fused-ring (bicyclic) bond motifs is 1. The van der Waals surface area contributed by atoms with Crippen molar-refractivity contribution in [1.82, 2.24) is 15.5 Å². The first-order chi connectivity index (χ1) is 9.22. The quantitative estimate of drug-likeness (QED) is 0.755. The summed E-state index contributed by atoms with van der Waals surface area (Å²) in [5.74, 6) is 0.613. The van der Waals surface area contributed by atoms with Crippen molar-refractivity contribution in [2.24, 2.45) is 0 Å². The molecule has 0 atom stereocenters. The van der Waals surface area contributed by atoms with Gasteiger partial charge < -0.3 is 14.8 Å². The summed E-state index contributed by atoms with van der Waals surface area (Å²) in [6.45, 7) is 2.18. The molecule has 0 bridgehead atoms. The molecule has 0 unspecified atom stereocenters. The Bertz CT molecular complexity index is 727. The molecule has 5 heteroatoms. The summed E-state index contributed by atoms with van der Waals surface area (Å²) >= 11 is 0. The lowest BCUT2D eigenvalue weighted by Crippen LogP contribution is -2.22. The molecule has 0 fully saturated rings. The van der Waals surface area contributed by atoms with Gasteiger partial charge in [-0.05, 0) is 31.2 Å². The van der Waals surface area contributed by atoms with E-state index in [0.717, 1.165) is 16.7 Å². The number of nitrogens with zero attached hydrogens (tertiary/aromatic N) is 1. The molecule has 0 aliphatic carbocycles. The minimum Gasteiger partial charge on any atom is -0.361 e. The minimum atomic E-state index is -0.122. The fourth-order valence-corrected chi connectivity index (χ4v) is 1.97. The van der Waals surface area contributed by atoms with Gasteiger partial charge in [-0.25, -0.2) is 0 Å². The summed E-state index contributed by atoms with van der Waals surface area (Å²) in [7, 11) is 0. The monoisotopic (exact) mass is 255 g/mol. The molecule has 2 N–H and O–H groups in total. The SMILES string of the molecule is Cc1cc(CNC(=O)c2ccc3[nH]ccc3c2)no1. The second kappa shape index (κ2) is 4.61. The van der Waals surface area contributed by atoms with Gasteiger partial charge in [-0.2, -0.15) is 0 Å². The highest BCUT2D eigenvalue weighted by molar-refractivity contribution is 5.97. The first-order valence-corrected chi connectivity index (χ1v) is 6.00. The van der Waals surface area contributed by atoms with Gasteiger partial charge in [0.25, 0.3) is 5.91 Å². The Labute approximate surface area is 109 Å². The largest absolute Gasteiger partial charge is 0.361 e. The smallest absolute Gasteiger partial charge is 0.251 e. The molecule has 5 nitrogen and oxygen atoms in total. The van der Waals surface area contributed by atoms with Crippen LogP contribution in [0.3, 0.4) is 0 Å². The van der Waals surface area contributed by atoms with Crippen molar-refractivity contribution in [2.45, 2.75) is 13.5 Å². The van der Waals surface area contributed by atoms with E-state index in [1.54, 1.807) is 12.1 Å². The molecule has 19 heavy (non-hydrogen) atoms. The number of hydrogen-bond acceptors (Lipinski definition) is 3. The molecule has 2 heterocycles. The maximum absolute atomic E-state index is 12.0. The highest BCUT2D eigenvalue weighted by Crippen LogP contribution is 2.14. The van der Waals surface area contributed by atoms with Crippen LogP contribution in [0.5, 0.6) is 0 Å². The number of amides is 1. The summed E-state index contributed by atoms with van der Waals surface area (Å²) in [6.07, 6.45) is 1.85. The Kier molecular flexibility index (Phi) is 2.79. The Morgan fingerprint density at radius 1 is 1.37 bits per heavy atom. The summed E-state index contributed by atoms with van der Waals surface area (Å²) in [5.41, 5.74) is 2.37. The lowest BCUT2D eigenvalue weighted by molar-refractivity contribution is 0.0950. The molecule has 3 rings (SSSR count). The summed E-state index contributed by atoms with van der Waals surface area (Å²) < 4.78 is 4.94. The van der Waals surface area contributed by atoms with Gasteiger partial charge in [0.2, 0.25) is 0 Å². The Morgan fingerprint density at radius 3 is 3.05 bits per heavy atom. The minimum absolute atomic E-state index is 0.122. The van der Waals surface area contributed by atoms with Gasteiger partial charge in [0.15, 0.2) is 0 Å². The van der Waals surface area contributed by atoms with Crippen LogP contribution in [-0.4, -0.2) is 16.0 Å². The van der Waals surface area contributed by atoms with Crippen molar-refractivity contribution in [3.63, 3.8) is 0 Å². The van der Waals surface area contributed by atoms with Crippen LogP contribution in [0.25, 0.3) is 10.9 Å². The average Bonchev–Trinajstić information content (AvgIpc) is 3.03. The number of aromatic nitrogens is 2. The average molecular weight is 255 g/mol. The van der Waals surface area contributed by atoms with Gasteiger partial charge in [0.05, 0.1) is 6.54 Å². The number of benzene rings is 1.